The van der Waals surface area contributed by atoms with E-state index in [-0.39, 0.29) is 11.9 Å². The maximum absolute atomic E-state index is 13.6. The summed E-state index contributed by atoms with van der Waals surface area (Å²) in [6, 6.07) is 10.4. The summed E-state index contributed by atoms with van der Waals surface area (Å²) in [6.45, 7) is 2.96. The quantitative estimate of drug-likeness (QED) is 0.781. The molecule has 1 atom stereocenters. The van der Waals surface area contributed by atoms with Gasteiger partial charge in [0.25, 0.3) is 0 Å². The first-order valence-electron chi connectivity index (χ1n) is 11.1. The normalized spacial score (nSPS) is 25.9. The minimum absolute atomic E-state index is 0.164. The van der Waals surface area contributed by atoms with Gasteiger partial charge in [0.15, 0.2) is 5.60 Å². The Kier molecular flexibility index (Phi) is 4.09. The number of carbonyl (C=O) groups is 2. The van der Waals surface area contributed by atoms with Crippen molar-refractivity contribution in [2.75, 3.05) is 26.2 Å². The minimum atomic E-state index is -0.716. The summed E-state index contributed by atoms with van der Waals surface area (Å²) in [5.41, 5.74) is 3.98. The third-order valence-corrected chi connectivity index (χ3v) is 7.37. The van der Waals surface area contributed by atoms with Crippen LogP contribution < -0.4 is 5.32 Å². The predicted molar refractivity (Wildman–Crippen MR) is 115 cm³/mol. The van der Waals surface area contributed by atoms with Crippen molar-refractivity contribution in [3.63, 3.8) is 0 Å². The molecule has 1 aromatic carbocycles. The fourth-order valence-corrected chi connectivity index (χ4v) is 5.44. The molecular formula is C25H25N3O3. The molecule has 1 unspecified atom stereocenters. The van der Waals surface area contributed by atoms with Crippen LogP contribution in [0, 0.1) is 0 Å². The van der Waals surface area contributed by atoms with Crippen molar-refractivity contribution in [3.05, 3.63) is 71.1 Å². The minimum Gasteiger partial charge on any atom is -0.449 e. The molecule has 1 saturated heterocycles. The van der Waals surface area contributed by atoms with E-state index in [9.17, 15) is 9.59 Å². The lowest BCUT2D eigenvalue weighted by Gasteiger charge is -2.27. The lowest BCUT2D eigenvalue weighted by molar-refractivity contribution is -0.134. The number of fused-ring (bicyclic) bond motifs is 2. The summed E-state index contributed by atoms with van der Waals surface area (Å²) >= 11 is 0. The molecule has 1 spiro atoms. The molecule has 4 heterocycles. The predicted octanol–water partition coefficient (Wildman–Crippen LogP) is 2.79. The average Bonchev–Trinajstić information content (AvgIpc) is 3.46. The van der Waals surface area contributed by atoms with Crippen molar-refractivity contribution >= 4 is 17.4 Å². The topological polar surface area (TPSA) is 71.5 Å². The third kappa shape index (κ3) is 2.85. The van der Waals surface area contributed by atoms with Crippen LogP contribution in [0.1, 0.15) is 52.7 Å². The zero-order valence-corrected chi connectivity index (χ0v) is 17.4. The van der Waals surface area contributed by atoms with Crippen LogP contribution in [0.15, 0.2) is 48.8 Å². The van der Waals surface area contributed by atoms with Gasteiger partial charge in [0.05, 0.1) is 17.5 Å². The summed E-state index contributed by atoms with van der Waals surface area (Å²) < 4.78 is 5.80. The van der Waals surface area contributed by atoms with Crippen LogP contribution in [0.3, 0.4) is 0 Å². The van der Waals surface area contributed by atoms with Crippen molar-refractivity contribution in [2.45, 2.75) is 36.7 Å². The summed E-state index contributed by atoms with van der Waals surface area (Å²) in [4.78, 5) is 31.9. The van der Waals surface area contributed by atoms with Gasteiger partial charge in [-0.2, -0.15) is 0 Å². The SMILES string of the molecule is O=C1OC2(CCN(C(=O)C3(c4ccc(C5=CCNCC5)cc4)CC3)C2)c2ccncc21. The van der Waals surface area contributed by atoms with Gasteiger partial charge in [-0.25, -0.2) is 4.79 Å². The number of aromatic nitrogens is 1. The number of amides is 1. The summed E-state index contributed by atoms with van der Waals surface area (Å²) in [6.07, 6.45) is 8.93. The maximum Gasteiger partial charge on any atom is 0.341 e. The highest BCUT2D eigenvalue weighted by molar-refractivity contribution is 5.95. The van der Waals surface area contributed by atoms with E-state index in [0.29, 0.717) is 25.1 Å². The second-order valence-electron chi connectivity index (χ2n) is 9.12. The van der Waals surface area contributed by atoms with Gasteiger partial charge in [-0.15, -0.1) is 0 Å². The number of hydrogen-bond donors (Lipinski definition) is 1. The van der Waals surface area contributed by atoms with Crippen LogP contribution >= 0.6 is 0 Å². The lowest BCUT2D eigenvalue weighted by atomic mass is 9.91. The number of rotatable bonds is 3. The van der Waals surface area contributed by atoms with Gasteiger partial charge in [-0.3, -0.25) is 9.78 Å². The van der Waals surface area contributed by atoms with Crippen molar-refractivity contribution in [2.24, 2.45) is 0 Å². The molecule has 2 fully saturated rings. The Bertz CT molecular complexity index is 1100. The number of esters is 1. The van der Waals surface area contributed by atoms with Gasteiger partial charge < -0.3 is 15.0 Å². The fraction of sp³-hybridized carbons (Fsp3) is 0.400. The molecular weight excluding hydrogens is 390 g/mol. The van der Waals surface area contributed by atoms with Gasteiger partial charge >= 0.3 is 5.97 Å². The standard InChI is InChI=1S/C25H25N3O3/c29-22-20-15-27-13-7-21(20)25(31-22)10-14-28(16-25)23(30)24(8-9-24)19-3-1-17(2-4-19)18-5-11-26-12-6-18/h1-5,7,13,15,26H,6,8-12,14,16H2. The number of carbonyl (C=O) groups excluding carboxylic acids is 2. The molecule has 4 aliphatic rings. The van der Waals surface area contributed by atoms with Crippen molar-refractivity contribution in [1.29, 1.82) is 0 Å². The molecule has 0 bridgehead atoms. The first-order valence-corrected chi connectivity index (χ1v) is 11.1. The Morgan fingerprint density at radius 3 is 2.71 bits per heavy atom. The van der Waals surface area contributed by atoms with Crippen LogP contribution in [0.5, 0.6) is 0 Å². The molecule has 6 rings (SSSR count). The molecule has 1 aromatic heterocycles. The average molecular weight is 415 g/mol. The number of nitrogens with zero attached hydrogens (tertiary/aromatic N) is 2. The molecule has 1 N–H and O–H groups in total. The fourth-order valence-electron chi connectivity index (χ4n) is 5.44. The molecule has 3 aliphatic heterocycles. The van der Waals surface area contributed by atoms with Crippen molar-refractivity contribution in [3.8, 4) is 0 Å². The molecule has 1 saturated carbocycles. The summed E-state index contributed by atoms with van der Waals surface area (Å²) in [5.74, 6) is -0.168. The molecule has 6 heteroatoms. The summed E-state index contributed by atoms with van der Waals surface area (Å²) in [7, 11) is 0. The van der Waals surface area contributed by atoms with Crippen LogP contribution in [0.25, 0.3) is 5.57 Å². The number of ether oxygens (including phenoxy) is 1. The van der Waals surface area contributed by atoms with Crippen LogP contribution in [0.4, 0.5) is 0 Å². The van der Waals surface area contributed by atoms with Gasteiger partial charge in [0.1, 0.15) is 0 Å². The van der Waals surface area contributed by atoms with Crippen LogP contribution in [-0.4, -0.2) is 47.9 Å². The smallest absolute Gasteiger partial charge is 0.341 e. The van der Waals surface area contributed by atoms with Crippen LogP contribution in [-0.2, 0) is 20.5 Å². The maximum atomic E-state index is 13.6. The van der Waals surface area contributed by atoms with E-state index in [1.54, 1.807) is 12.4 Å². The Hall–Kier alpha value is -2.99. The highest BCUT2D eigenvalue weighted by Gasteiger charge is 2.57. The Morgan fingerprint density at radius 2 is 1.97 bits per heavy atom. The van der Waals surface area contributed by atoms with E-state index in [1.807, 2.05) is 11.0 Å². The van der Waals surface area contributed by atoms with E-state index >= 15 is 0 Å². The number of likely N-dealkylation sites (tertiary alicyclic amines) is 1. The van der Waals surface area contributed by atoms with Gasteiger partial charge in [0, 0.05) is 37.5 Å². The van der Waals surface area contributed by atoms with Crippen LogP contribution in [0.2, 0.25) is 0 Å². The van der Waals surface area contributed by atoms with Gasteiger partial charge in [0.2, 0.25) is 5.91 Å². The molecule has 31 heavy (non-hydrogen) atoms. The van der Waals surface area contributed by atoms with Gasteiger partial charge in [-0.1, -0.05) is 30.3 Å². The Labute approximate surface area is 181 Å². The molecule has 0 radical (unpaired) electrons. The number of pyridine rings is 1. The number of hydrogen-bond acceptors (Lipinski definition) is 5. The lowest BCUT2D eigenvalue weighted by Crippen LogP contribution is -2.40. The van der Waals surface area contributed by atoms with E-state index in [4.69, 9.17) is 4.74 Å². The molecule has 1 amide bonds. The zero-order valence-electron chi connectivity index (χ0n) is 17.4. The molecule has 6 nitrogen and oxygen atoms in total. The van der Waals surface area contributed by atoms with Crippen molar-refractivity contribution in [1.82, 2.24) is 15.2 Å². The molecule has 158 valence electrons. The van der Waals surface area contributed by atoms with E-state index < -0.39 is 11.0 Å². The Morgan fingerprint density at radius 1 is 1.13 bits per heavy atom. The van der Waals surface area contributed by atoms with E-state index in [0.717, 1.165) is 43.5 Å². The largest absolute Gasteiger partial charge is 0.449 e. The van der Waals surface area contributed by atoms with Gasteiger partial charge in [-0.05, 0) is 48.6 Å². The highest BCUT2D eigenvalue weighted by atomic mass is 16.6. The monoisotopic (exact) mass is 415 g/mol. The van der Waals surface area contributed by atoms with Crippen molar-refractivity contribution < 1.29 is 14.3 Å². The third-order valence-electron chi connectivity index (χ3n) is 7.37. The van der Waals surface area contributed by atoms with E-state index in [2.05, 4.69) is 40.6 Å². The molecule has 2 aromatic rings. The van der Waals surface area contributed by atoms with E-state index in [1.165, 1.54) is 11.1 Å². The summed E-state index contributed by atoms with van der Waals surface area (Å²) in [5, 5.41) is 3.34. The Balaban J connectivity index is 1.23. The first-order chi connectivity index (χ1) is 15.1. The first kappa shape index (κ1) is 18.8. The number of nitrogens with one attached hydrogen (secondary N) is 1. The molecule has 1 aliphatic carbocycles. The highest BCUT2D eigenvalue weighted by Crippen LogP contribution is 2.52. The second kappa shape index (κ2) is 6.76. The zero-order chi connectivity index (χ0) is 21.1. The second-order valence-corrected chi connectivity index (χ2v) is 9.12. The number of benzene rings is 1.